The molecule has 0 aliphatic carbocycles. The number of carbonyl (C=O) groups excluding carboxylic acids is 2. The first kappa shape index (κ1) is 24.7. The molecule has 1 saturated heterocycles. The Kier molecular flexibility index (Phi) is 7.11. The number of ether oxygens (including phenoxy) is 1. The number of likely N-dealkylation sites (tertiary alicyclic amines) is 1. The number of carbonyl (C=O) groups is 2. The zero-order valence-corrected chi connectivity index (χ0v) is 21.2. The second kappa shape index (κ2) is 10.1. The van der Waals surface area contributed by atoms with E-state index in [0.717, 1.165) is 28.7 Å². The molecule has 1 amide bonds. The van der Waals surface area contributed by atoms with Gasteiger partial charge in [0.15, 0.2) is 5.41 Å². The van der Waals surface area contributed by atoms with Crippen molar-refractivity contribution in [2.24, 2.45) is 5.41 Å². The fourth-order valence-electron chi connectivity index (χ4n) is 4.96. The van der Waals surface area contributed by atoms with Crippen LogP contribution in [0, 0.1) is 12.3 Å². The maximum Gasteiger partial charge on any atom is 0.322 e. The van der Waals surface area contributed by atoms with Crippen LogP contribution >= 0.6 is 0 Å². The molecule has 0 aromatic heterocycles. The van der Waals surface area contributed by atoms with Gasteiger partial charge in [0.1, 0.15) is 5.60 Å². The molecule has 0 N–H and O–H groups in total. The molecule has 0 bridgehead atoms. The van der Waals surface area contributed by atoms with E-state index in [9.17, 15) is 9.59 Å². The van der Waals surface area contributed by atoms with Crippen molar-refractivity contribution in [2.45, 2.75) is 58.6 Å². The van der Waals surface area contributed by atoms with Crippen LogP contribution in [0.5, 0.6) is 0 Å². The molecule has 4 heteroatoms. The summed E-state index contributed by atoms with van der Waals surface area (Å²) < 4.78 is 5.90. The second-order valence-electron chi connectivity index (χ2n) is 10.6. The van der Waals surface area contributed by atoms with Gasteiger partial charge in [0.25, 0.3) is 0 Å². The molecule has 1 fully saturated rings. The molecular formula is C31H35NO3. The Hall–Kier alpha value is -3.40. The van der Waals surface area contributed by atoms with Gasteiger partial charge in [-0.3, -0.25) is 9.59 Å². The lowest BCUT2D eigenvalue weighted by Gasteiger charge is -2.44. The molecule has 0 spiro atoms. The minimum absolute atomic E-state index is 0.156. The first-order valence-electron chi connectivity index (χ1n) is 12.4. The van der Waals surface area contributed by atoms with Gasteiger partial charge in [0, 0.05) is 6.54 Å². The highest BCUT2D eigenvalue weighted by Gasteiger charge is 2.53. The van der Waals surface area contributed by atoms with E-state index in [-0.39, 0.29) is 11.9 Å². The third-order valence-electron chi connectivity index (χ3n) is 6.63. The van der Waals surface area contributed by atoms with E-state index in [2.05, 4.69) is 24.3 Å². The molecule has 4 rings (SSSR count). The van der Waals surface area contributed by atoms with E-state index in [1.807, 2.05) is 93.3 Å². The third-order valence-corrected chi connectivity index (χ3v) is 6.63. The third kappa shape index (κ3) is 5.48. The molecule has 1 aliphatic rings. The van der Waals surface area contributed by atoms with Crippen molar-refractivity contribution in [3.8, 4) is 0 Å². The molecule has 3 aromatic rings. The summed E-state index contributed by atoms with van der Waals surface area (Å²) in [5.41, 5.74) is 2.23. The predicted octanol–water partition coefficient (Wildman–Crippen LogP) is 6.28. The van der Waals surface area contributed by atoms with Crippen LogP contribution in [0.3, 0.4) is 0 Å². The number of hydrogen-bond acceptors (Lipinski definition) is 3. The van der Waals surface area contributed by atoms with Crippen molar-refractivity contribution in [1.82, 2.24) is 4.90 Å². The molecule has 182 valence electrons. The summed E-state index contributed by atoms with van der Waals surface area (Å²) in [5.74, 6) is -0.587. The number of nitrogens with zero attached hydrogens (tertiary/aromatic N) is 1. The maximum absolute atomic E-state index is 14.5. The van der Waals surface area contributed by atoms with Gasteiger partial charge in [-0.2, -0.15) is 0 Å². The molecule has 0 radical (unpaired) electrons. The standard InChI is InChI=1S/C31H35NO3/c1-23-16-18-24(19-17-23)22-31(29(34)35-30(2,3)4)20-11-21-32(28(31)33)27(25-12-7-5-8-13-25)26-14-9-6-10-15-26/h5-10,12-19,27H,11,20-22H2,1-4H3. The zero-order chi connectivity index (χ0) is 25.1. The number of esters is 1. The van der Waals surface area contributed by atoms with E-state index in [0.29, 0.717) is 19.4 Å². The van der Waals surface area contributed by atoms with Crippen LogP contribution in [0.2, 0.25) is 0 Å². The highest BCUT2D eigenvalue weighted by molar-refractivity contribution is 6.04. The Morgan fingerprint density at radius 3 is 1.97 bits per heavy atom. The van der Waals surface area contributed by atoms with Crippen molar-refractivity contribution in [3.05, 3.63) is 107 Å². The van der Waals surface area contributed by atoms with E-state index >= 15 is 0 Å². The molecule has 1 heterocycles. The van der Waals surface area contributed by atoms with E-state index in [1.165, 1.54) is 0 Å². The van der Waals surface area contributed by atoms with Crippen LogP contribution in [-0.4, -0.2) is 28.9 Å². The fourth-order valence-corrected chi connectivity index (χ4v) is 4.96. The average molecular weight is 470 g/mol. The smallest absolute Gasteiger partial charge is 0.322 e. The van der Waals surface area contributed by atoms with Crippen LogP contribution in [0.25, 0.3) is 0 Å². The van der Waals surface area contributed by atoms with Crippen LogP contribution in [0.15, 0.2) is 84.9 Å². The lowest BCUT2D eigenvalue weighted by Crippen LogP contribution is -2.56. The Labute approximate surface area is 208 Å². The van der Waals surface area contributed by atoms with Gasteiger partial charge in [0.05, 0.1) is 6.04 Å². The molecule has 3 aromatic carbocycles. The molecule has 35 heavy (non-hydrogen) atoms. The first-order valence-corrected chi connectivity index (χ1v) is 12.4. The minimum atomic E-state index is -1.26. The van der Waals surface area contributed by atoms with Gasteiger partial charge in [-0.05, 0) is 63.6 Å². The van der Waals surface area contributed by atoms with Gasteiger partial charge in [0.2, 0.25) is 5.91 Å². The highest BCUT2D eigenvalue weighted by Crippen LogP contribution is 2.42. The number of hydrogen-bond donors (Lipinski definition) is 0. The average Bonchev–Trinajstić information content (AvgIpc) is 2.83. The Balaban J connectivity index is 1.79. The van der Waals surface area contributed by atoms with Crippen LogP contribution in [0.4, 0.5) is 0 Å². The van der Waals surface area contributed by atoms with Gasteiger partial charge in [-0.25, -0.2) is 0 Å². The van der Waals surface area contributed by atoms with Crippen molar-refractivity contribution in [1.29, 1.82) is 0 Å². The maximum atomic E-state index is 14.5. The Bertz CT molecular complexity index is 1110. The van der Waals surface area contributed by atoms with Gasteiger partial charge < -0.3 is 9.64 Å². The highest BCUT2D eigenvalue weighted by atomic mass is 16.6. The fraction of sp³-hybridized carbons (Fsp3) is 0.355. The van der Waals surface area contributed by atoms with Crippen molar-refractivity contribution in [3.63, 3.8) is 0 Å². The first-order chi connectivity index (χ1) is 16.7. The molecule has 1 aliphatic heterocycles. The van der Waals surface area contributed by atoms with Gasteiger partial charge in [-0.15, -0.1) is 0 Å². The number of piperidine rings is 1. The monoisotopic (exact) mass is 469 g/mol. The molecular weight excluding hydrogens is 434 g/mol. The molecule has 0 saturated carbocycles. The minimum Gasteiger partial charge on any atom is -0.459 e. The summed E-state index contributed by atoms with van der Waals surface area (Å²) in [5, 5.41) is 0. The summed E-state index contributed by atoms with van der Waals surface area (Å²) in [7, 11) is 0. The zero-order valence-electron chi connectivity index (χ0n) is 21.2. The summed E-state index contributed by atoms with van der Waals surface area (Å²) in [4.78, 5) is 30.1. The van der Waals surface area contributed by atoms with E-state index < -0.39 is 17.0 Å². The van der Waals surface area contributed by atoms with E-state index in [1.54, 1.807) is 0 Å². The Morgan fingerprint density at radius 2 is 1.46 bits per heavy atom. The van der Waals surface area contributed by atoms with Crippen molar-refractivity contribution >= 4 is 11.9 Å². The second-order valence-corrected chi connectivity index (χ2v) is 10.6. The van der Waals surface area contributed by atoms with Crippen molar-refractivity contribution in [2.75, 3.05) is 6.54 Å². The van der Waals surface area contributed by atoms with Crippen LogP contribution in [0.1, 0.15) is 61.9 Å². The quantitative estimate of drug-likeness (QED) is 0.315. The molecule has 1 atom stereocenters. The summed E-state index contributed by atoms with van der Waals surface area (Å²) in [6.45, 7) is 8.18. The van der Waals surface area contributed by atoms with Crippen LogP contribution < -0.4 is 0 Å². The lowest BCUT2D eigenvalue weighted by atomic mass is 9.73. The molecule has 4 nitrogen and oxygen atoms in total. The number of rotatable bonds is 6. The normalized spacial score (nSPS) is 18.5. The summed E-state index contributed by atoms with van der Waals surface area (Å²) in [6.07, 6.45) is 1.53. The molecule has 1 unspecified atom stereocenters. The summed E-state index contributed by atoms with van der Waals surface area (Å²) in [6, 6.07) is 27.9. The largest absolute Gasteiger partial charge is 0.459 e. The number of aryl methyl sites for hydroxylation is 1. The predicted molar refractivity (Wildman–Crippen MR) is 139 cm³/mol. The number of benzene rings is 3. The van der Waals surface area contributed by atoms with E-state index in [4.69, 9.17) is 4.74 Å². The lowest BCUT2D eigenvalue weighted by molar-refractivity contribution is -0.178. The number of amides is 1. The van der Waals surface area contributed by atoms with Gasteiger partial charge >= 0.3 is 5.97 Å². The Morgan fingerprint density at radius 1 is 0.914 bits per heavy atom. The van der Waals surface area contributed by atoms with Crippen LogP contribution in [-0.2, 0) is 20.7 Å². The van der Waals surface area contributed by atoms with Gasteiger partial charge in [-0.1, -0.05) is 90.5 Å². The topological polar surface area (TPSA) is 46.6 Å². The summed E-state index contributed by atoms with van der Waals surface area (Å²) >= 11 is 0. The SMILES string of the molecule is Cc1ccc(CC2(C(=O)OC(C)(C)C)CCCN(C(c3ccccc3)c3ccccc3)C2=O)cc1. The van der Waals surface area contributed by atoms with Crippen molar-refractivity contribution < 1.29 is 14.3 Å².